The van der Waals surface area contributed by atoms with E-state index in [2.05, 4.69) is 9.71 Å². The summed E-state index contributed by atoms with van der Waals surface area (Å²) >= 11 is 0. The van der Waals surface area contributed by atoms with Crippen LogP contribution in [0.15, 0.2) is 35.4 Å². The van der Waals surface area contributed by atoms with E-state index in [0.29, 0.717) is 0 Å². The zero-order valence-corrected chi connectivity index (χ0v) is 15.1. The molecule has 1 aliphatic rings. The van der Waals surface area contributed by atoms with E-state index in [0.717, 1.165) is 32.1 Å². The number of nitro benzene ring substituents is 1. The summed E-state index contributed by atoms with van der Waals surface area (Å²) in [5, 5.41) is 11.4. The number of rotatable bonds is 6. The van der Waals surface area contributed by atoms with Crippen LogP contribution < -0.4 is 10.5 Å². The van der Waals surface area contributed by atoms with Crippen molar-refractivity contribution in [3.8, 4) is 0 Å². The topological polar surface area (TPSA) is 128 Å². The molecular weight excluding hydrogens is 356 g/mol. The molecule has 1 aromatic carbocycles. The maximum Gasteiger partial charge on any atom is 0.278 e. The molecule has 3 N–H and O–H groups in total. The summed E-state index contributed by atoms with van der Waals surface area (Å²) in [7, 11) is -3.91. The first-order chi connectivity index (χ1) is 12.4. The van der Waals surface area contributed by atoms with Crippen LogP contribution in [0.4, 0.5) is 5.69 Å². The Balaban J connectivity index is 1.99. The highest BCUT2D eigenvalue weighted by molar-refractivity contribution is 7.89. The molecule has 1 aliphatic carbocycles. The zero-order valence-electron chi connectivity index (χ0n) is 14.3. The van der Waals surface area contributed by atoms with Crippen molar-refractivity contribution in [3.63, 3.8) is 0 Å². The molecule has 1 saturated carbocycles. The second kappa shape index (κ2) is 7.65. The van der Waals surface area contributed by atoms with Crippen LogP contribution in [0, 0.1) is 16.0 Å². The Kier molecular flexibility index (Phi) is 5.49. The van der Waals surface area contributed by atoms with E-state index in [1.807, 2.05) is 0 Å². The fourth-order valence-electron chi connectivity index (χ4n) is 3.64. The number of aromatic nitrogens is 1. The van der Waals surface area contributed by atoms with Gasteiger partial charge in [-0.15, -0.1) is 0 Å². The van der Waals surface area contributed by atoms with Gasteiger partial charge in [0.1, 0.15) is 4.90 Å². The highest BCUT2D eigenvalue weighted by atomic mass is 32.2. The van der Waals surface area contributed by atoms with Crippen LogP contribution in [-0.4, -0.2) is 30.9 Å². The van der Waals surface area contributed by atoms with Gasteiger partial charge in [-0.05, 0) is 37.0 Å². The summed E-state index contributed by atoms with van der Waals surface area (Å²) < 4.78 is 28.6. The van der Waals surface area contributed by atoms with Crippen molar-refractivity contribution in [1.29, 1.82) is 0 Å². The number of nitrogens with two attached hydrogens (primary N) is 1. The molecule has 0 bridgehead atoms. The van der Waals surface area contributed by atoms with Crippen LogP contribution in [0.3, 0.4) is 0 Å². The molecule has 2 aromatic rings. The zero-order chi connectivity index (χ0) is 18.7. The standard InChI is InChI=1S/C17H22N4O4S/c18-11-14(12-5-2-1-3-6-12)20-26(24,25)16-9-8-15(21(22)23)13-7-4-10-19-17(13)16/h4,7-10,12,14,20H,1-3,5-6,11,18H2. The van der Waals surface area contributed by atoms with Gasteiger partial charge in [0.2, 0.25) is 10.0 Å². The van der Waals surface area contributed by atoms with E-state index in [4.69, 9.17) is 5.73 Å². The average Bonchev–Trinajstić information content (AvgIpc) is 2.65. The Morgan fingerprint density at radius 3 is 2.65 bits per heavy atom. The highest BCUT2D eigenvalue weighted by Gasteiger charge is 2.29. The molecule has 0 spiro atoms. The van der Waals surface area contributed by atoms with Crippen LogP contribution in [0.2, 0.25) is 0 Å². The number of nitrogens with one attached hydrogen (secondary N) is 1. The molecular formula is C17H22N4O4S. The third kappa shape index (κ3) is 3.69. The number of hydrogen-bond donors (Lipinski definition) is 2. The second-order valence-corrected chi connectivity index (χ2v) is 8.28. The Morgan fingerprint density at radius 2 is 2.00 bits per heavy atom. The van der Waals surface area contributed by atoms with Gasteiger partial charge in [0, 0.05) is 24.8 Å². The molecule has 1 aromatic heterocycles. The molecule has 0 amide bonds. The number of nitro groups is 1. The monoisotopic (exact) mass is 378 g/mol. The normalized spacial score (nSPS) is 17.3. The molecule has 140 valence electrons. The van der Waals surface area contributed by atoms with Crippen LogP contribution in [0.1, 0.15) is 32.1 Å². The maximum atomic E-state index is 13.0. The minimum absolute atomic E-state index is 0.0621. The molecule has 0 saturated heterocycles. The van der Waals surface area contributed by atoms with Crippen molar-refractivity contribution in [2.75, 3.05) is 6.54 Å². The van der Waals surface area contributed by atoms with Gasteiger partial charge in [-0.25, -0.2) is 13.1 Å². The van der Waals surface area contributed by atoms with Gasteiger partial charge in [-0.2, -0.15) is 0 Å². The van der Waals surface area contributed by atoms with Crippen LogP contribution in [-0.2, 0) is 10.0 Å². The molecule has 1 unspecified atom stereocenters. The maximum absolute atomic E-state index is 13.0. The molecule has 9 heteroatoms. The van der Waals surface area contributed by atoms with Crippen molar-refractivity contribution in [2.24, 2.45) is 11.7 Å². The lowest BCUT2D eigenvalue weighted by Gasteiger charge is -2.29. The Labute approximate surface area is 152 Å². The van der Waals surface area contributed by atoms with Crippen molar-refractivity contribution in [2.45, 2.75) is 43.0 Å². The summed E-state index contributed by atoms with van der Waals surface area (Å²) in [5.41, 5.74) is 5.75. The fourth-order valence-corrected chi connectivity index (χ4v) is 5.12. The van der Waals surface area contributed by atoms with Crippen LogP contribution in [0.25, 0.3) is 10.9 Å². The number of pyridine rings is 1. The Bertz CT molecular complexity index is 910. The lowest BCUT2D eigenvalue weighted by molar-refractivity contribution is -0.383. The summed E-state index contributed by atoms with van der Waals surface area (Å²) in [5.74, 6) is 0.209. The quantitative estimate of drug-likeness (QED) is 0.586. The van der Waals surface area contributed by atoms with E-state index in [-0.39, 0.29) is 40.0 Å². The van der Waals surface area contributed by atoms with Crippen molar-refractivity contribution >= 4 is 26.6 Å². The average molecular weight is 378 g/mol. The predicted molar refractivity (Wildman–Crippen MR) is 98.1 cm³/mol. The molecule has 26 heavy (non-hydrogen) atoms. The first-order valence-corrected chi connectivity index (χ1v) is 10.2. The van der Waals surface area contributed by atoms with Gasteiger partial charge in [-0.3, -0.25) is 15.1 Å². The Morgan fingerprint density at radius 1 is 1.27 bits per heavy atom. The number of nitrogens with zero attached hydrogens (tertiary/aromatic N) is 2. The first-order valence-electron chi connectivity index (χ1n) is 8.68. The summed E-state index contributed by atoms with van der Waals surface area (Å²) in [6, 6.07) is 5.14. The largest absolute Gasteiger partial charge is 0.329 e. The van der Waals surface area contributed by atoms with Gasteiger partial charge in [0.15, 0.2) is 0 Å². The van der Waals surface area contributed by atoms with Crippen LogP contribution >= 0.6 is 0 Å². The minimum atomic E-state index is -3.91. The lowest BCUT2D eigenvalue weighted by Crippen LogP contribution is -2.45. The van der Waals surface area contributed by atoms with Gasteiger partial charge in [0.05, 0.1) is 15.8 Å². The molecule has 0 aliphatic heterocycles. The summed E-state index contributed by atoms with van der Waals surface area (Å²) in [4.78, 5) is 14.7. The highest BCUT2D eigenvalue weighted by Crippen LogP contribution is 2.31. The summed E-state index contributed by atoms with van der Waals surface area (Å²) in [6.07, 6.45) is 6.63. The molecule has 1 atom stereocenters. The summed E-state index contributed by atoms with van der Waals surface area (Å²) in [6.45, 7) is 0.211. The lowest BCUT2D eigenvalue weighted by atomic mass is 9.84. The van der Waals surface area contributed by atoms with E-state index in [1.54, 1.807) is 6.07 Å². The smallest absolute Gasteiger partial charge is 0.278 e. The van der Waals surface area contributed by atoms with E-state index >= 15 is 0 Å². The van der Waals surface area contributed by atoms with Gasteiger partial charge < -0.3 is 5.73 Å². The molecule has 1 heterocycles. The van der Waals surface area contributed by atoms with E-state index in [1.165, 1.54) is 24.4 Å². The SMILES string of the molecule is NCC(NS(=O)(=O)c1ccc([N+](=O)[O-])c2cccnc12)C1CCCCC1. The molecule has 8 nitrogen and oxygen atoms in total. The second-order valence-electron chi connectivity index (χ2n) is 6.60. The number of fused-ring (bicyclic) bond motifs is 1. The Hall–Kier alpha value is -2.10. The fraction of sp³-hybridized carbons (Fsp3) is 0.471. The predicted octanol–water partition coefficient (Wildman–Crippen LogP) is 2.33. The van der Waals surface area contributed by atoms with Crippen LogP contribution in [0.5, 0.6) is 0 Å². The molecule has 3 rings (SSSR count). The van der Waals surface area contributed by atoms with E-state index < -0.39 is 14.9 Å². The van der Waals surface area contributed by atoms with Crippen molar-refractivity contribution < 1.29 is 13.3 Å². The molecule has 1 fully saturated rings. The number of hydrogen-bond acceptors (Lipinski definition) is 6. The van der Waals surface area contributed by atoms with Crippen molar-refractivity contribution in [1.82, 2.24) is 9.71 Å². The van der Waals surface area contributed by atoms with E-state index in [9.17, 15) is 18.5 Å². The number of sulfonamides is 1. The first kappa shape index (κ1) is 18.7. The minimum Gasteiger partial charge on any atom is -0.329 e. The van der Waals surface area contributed by atoms with Gasteiger partial charge >= 0.3 is 0 Å². The molecule has 0 radical (unpaired) electrons. The van der Waals surface area contributed by atoms with Crippen molar-refractivity contribution in [3.05, 3.63) is 40.6 Å². The van der Waals surface area contributed by atoms with Gasteiger partial charge in [-0.1, -0.05) is 19.3 Å². The third-order valence-corrected chi connectivity index (χ3v) is 6.50. The number of benzene rings is 1. The third-order valence-electron chi connectivity index (χ3n) is 4.98. The van der Waals surface area contributed by atoms with Gasteiger partial charge in [0.25, 0.3) is 5.69 Å². The number of non-ortho nitro benzene ring substituents is 1.